The molecule has 17 nitrogen and oxygen atoms in total. The predicted molar refractivity (Wildman–Crippen MR) is 214 cm³/mol. The zero-order chi connectivity index (χ0) is 44.2. The molecule has 0 amide bonds. The lowest BCUT2D eigenvalue weighted by molar-refractivity contribution is -0.389. The molecule has 354 valence electrons. The van der Waals surface area contributed by atoms with Crippen LogP contribution in [0.25, 0.3) is 0 Å². The molecule has 0 radical (unpaired) electrons. The summed E-state index contributed by atoms with van der Waals surface area (Å²) in [7, 11) is 0. The minimum atomic E-state index is -1.82. The zero-order valence-electron chi connectivity index (χ0n) is 36.6. The summed E-state index contributed by atoms with van der Waals surface area (Å²) in [5.74, 6) is 2.56. The van der Waals surface area contributed by atoms with Crippen LogP contribution in [0.4, 0.5) is 0 Å². The first-order chi connectivity index (χ1) is 29.4. The Hall–Kier alpha value is -0.940. The zero-order valence-corrected chi connectivity index (χ0v) is 36.6. The van der Waals surface area contributed by atoms with Crippen LogP contribution in [-0.4, -0.2) is 176 Å². The number of fused-ring (bicyclic) bond motifs is 7. The van der Waals surface area contributed by atoms with Crippen LogP contribution in [0.1, 0.15) is 92.4 Å². The molecular formula is C45H72O17. The van der Waals surface area contributed by atoms with E-state index in [9.17, 15) is 46.0 Å². The molecule has 5 heterocycles. The first-order valence-electron chi connectivity index (χ1n) is 23.4. The van der Waals surface area contributed by atoms with Crippen molar-refractivity contribution in [3.05, 3.63) is 11.6 Å². The Morgan fingerprint density at radius 1 is 0.677 bits per heavy atom. The summed E-state index contributed by atoms with van der Waals surface area (Å²) in [5.41, 5.74) is 1.48. The van der Waals surface area contributed by atoms with Gasteiger partial charge >= 0.3 is 0 Å². The van der Waals surface area contributed by atoms with Gasteiger partial charge in [0.2, 0.25) is 0 Å². The molecule has 0 bridgehead atoms. The lowest BCUT2D eigenvalue weighted by atomic mass is 9.47. The number of aliphatic hydroxyl groups excluding tert-OH is 9. The van der Waals surface area contributed by atoms with E-state index in [1.54, 1.807) is 0 Å². The second kappa shape index (κ2) is 17.3. The Labute approximate surface area is 363 Å². The molecule has 0 aromatic rings. The van der Waals surface area contributed by atoms with Gasteiger partial charge in [-0.1, -0.05) is 39.3 Å². The van der Waals surface area contributed by atoms with Gasteiger partial charge in [0.25, 0.3) is 0 Å². The monoisotopic (exact) mass is 884 g/mol. The van der Waals surface area contributed by atoms with Crippen LogP contribution in [0.2, 0.25) is 0 Å². The topological polar surface area (TPSA) is 256 Å². The summed E-state index contributed by atoms with van der Waals surface area (Å²) < 4.78 is 49.9. The van der Waals surface area contributed by atoms with Gasteiger partial charge in [0, 0.05) is 12.3 Å². The van der Waals surface area contributed by atoms with Crippen molar-refractivity contribution in [2.24, 2.45) is 46.3 Å². The van der Waals surface area contributed by atoms with E-state index in [2.05, 4.69) is 33.8 Å². The van der Waals surface area contributed by atoms with E-state index >= 15 is 0 Å². The number of aliphatic hydroxyl groups is 9. The number of ether oxygens (including phenoxy) is 8. The molecule has 62 heavy (non-hydrogen) atoms. The van der Waals surface area contributed by atoms with Crippen molar-refractivity contribution in [2.75, 3.05) is 19.8 Å². The molecule has 0 aromatic carbocycles. The quantitative estimate of drug-likeness (QED) is 0.148. The average molecular weight is 885 g/mol. The molecule has 26 atom stereocenters. The van der Waals surface area contributed by atoms with Crippen LogP contribution < -0.4 is 0 Å². The average Bonchev–Trinajstić information content (AvgIpc) is 3.70. The van der Waals surface area contributed by atoms with Crippen molar-refractivity contribution in [3.8, 4) is 0 Å². The fourth-order valence-electron chi connectivity index (χ4n) is 14.0. The highest BCUT2D eigenvalue weighted by Crippen LogP contribution is 2.70. The summed E-state index contributed by atoms with van der Waals surface area (Å²) in [6.07, 6.45) is -12.0. The molecule has 9 rings (SSSR count). The van der Waals surface area contributed by atoms with Crippen LogP contribution in [0.5, 0.6) is 0 Å². The van der Waals surface area contributed by atoms with E-state index in [1.165, 1.54) is 12.5 Å². The number of hydrogen-bond donors (Lipinski definition) is 9. The molecule has 9 aliphatic rings. The maximum absolute atomic E-state index is 12.0. The Morgan fingerprint density at radius 3 is 2.05 bits per heavy atom. The summed E-state index contributed by atoms with van der Waals surface area (Å²) in [5, 5.41) is 95.7. The molecule has 0 aromatic heterocycles. The van der Waals surface area contributed by atoms with Gasteiger partial charge in [-0.25, -0.2) is 0 Å². The number of rotatable bonds is 8. The molecular weight excluding hydrogens is 812 g/mol. The van der Waals surface area contributed by atoms with Crippen molar-refractivity contribution in [1.29, 1.82) is 0 Å². The van der Waals surface area contributed by atoms with E-state index in [0.29, 0.717) is 48.3 Å². The highest BCUT2D eigenvalue weighted by Gasteiger charge is 2.69. The van der Waals surface area contributed by atoms with Crippen LogP contribution >= 0.6 is 0 Å². The van der Waals surface area contributed by atoms with Gasteiger partial charge in [0.05, 0.1) is 38.1 Å². The fourth-order valence-corrected chi connectivity index (χ4v) is 14.0. The molecule has 5 saturated heterocycles. The van der Waals surface area contributed by atoms with Gasteiger partial charge in [0.1, 0.15) is 67.1 Å². The minimum Gasteiger partial charge on any atom is -0.394 e. The highest BCUT2D eigenvalue weighted by molar-refractivity contribution is 5.26. The van der Waals surface area contributed by atoms with Crippen molar-refractivity contribution < 1.29 is 83.9 Å². The molecule has 5 aliphatic heterocycles. The number of hydrogen-bond acceptors (Lipinski definition) is 17. The summed E-state index contributed by atoms with van der Waals surface area (Å²) >= 11 is 0. The van der Waals surface area contributed by atoms with Crippen molar-refractivity contribution in [2.45, 2.75) is 203 Å². The van der Waals surface area contributed by atoms with Crippen LogP contribution in [0.15, 0.2) is 11.6 Å². The Morgan fingerprint density at radius 2 is 1.35 bits per heavy atom. The third-order valence-electron chi connectivity index (χ3n) is 17.7. The van der Waals surface area contributed by atoms with Gasteiger partial charge < -0.3 is 83.9 Å². The standard InChI is InChI=1S/C45H72O17/c1-19-8-13-45(55-18-19)20(2)30-27(62-45)15-26-24-7-6-22-14-23(9-11-43(22,4)25(24)10-12-44(26,30)5)57-42-39(61-40-35(52)33(50)31(48)21(3)56-40)37(54)38(29(17-47)59-42)60-41-36(53)34(51)32(49)28(16-46)58-41/h6,19-21,23-42,46-54H,7-18H2,1-5H3/t19-,20-,21-,23+,24+,25-,26-,27-,28-,29+,30-,31-,32+,33+,34-,35+,36+,37-,38+,39+,40+,41+,42+,43-,44-,45+/m1/s1. The largest absolute Gasteiger partial charge is 0.394 e. The first-order valence-corrected chi connectivity index (χ1v) is 23.4. The van der Waals surface area contributed by atoms with Crippen LogP contribution in [0, 0.1) is 46.3 Å². The van der Waals surface area contributed by atoms with Crippen LogP contribution in [0.3, 0.4) is 0 Å². The van der Waals surface area contributed by atoms with E-state index in [1.807, 2.05) is 0 Å². The lowest BCUT2D eigenvalue weighted by Gasteiger charge is -2.58. The van der Waals surface area contributed by atoms with Crippen molar-refractivity contribution >= 4 is 0 Å². The van der Waals surface area contributed by atoms with Gasteiger partial charge in [-0.3, -0.25) is 0 Å². The Kier molecular flexibility index (Phi) is 12.9. The van der Waals surface area contributed by atoms with Gasteiger partial charge in [-0.2, -0.15) is 0 Å². The summed E-state index contributed by atoms with van der Waals surface area (Å²) in [6.45, 7) is 10.4. The first kappa shape index (κ1) is 46.2. The maximum atomic E-state index is 12.0. The normalized spacial score (nSPS) is 57.6. The second-order valence-corrected chi connectivity index (χ2v) is 21.1. The molecule has 9 N–H and O–H groups in total. The molecule has 4 aliphatic carbocycles. The fraction of sp³-hybridized carbons (Fsp3) is 0.956. The van der Waals surface area contributed by atoms with E-state index in [0.717, 1.165) is 51.6 Å². The third kappa shape index (κ3) is 7.49. The summed E-state index contributed by atoms with van der Waals surface area (Å²) in [4.78, 5) is 0. The number of allylic oxidation sites excluding steroid dienone is 1. The molecule has 8 fully saturated rings. The second-order valence-electron chi connectivity index (χ2n) is 21.1. The van der Waals surface area contributed by atoms with E-state index in [4.69, 9.17) is 37.9 Å². The highest BCUT2D eigenvalue weighted by atomic mass is 16.8. The Bertz CT molecular complexity index is 1610. The van der Waals surface area contributed by atoms with E-state index in [-0.39, 0.29) is 23.0 Å². The predicted octanol–water partition coefficient (Wildman–Crippen LogP) is 0.214. The summed E-state index contributed by atoms with van der Waals surface area (Å²) in [6, 6.07) is 0. The SMILES string of the molecule is C[C@@H]1CC[C@]2(OC1)O[C@@H]1C[C@@H]3[C@H]4CC=C5C[C@@H](O[C@H]6O[C@@H](CO)[C@H](O[C@@H]7O[C@H](CO)[C@H](O)[C@@H](O)[C@@H]7O)[C@@H](O)[C@@H]6O[C@@H]6O[C@H](C)[C@@H](O)[C@H](O)[C@@H]6O)CC[C@@]5(C)[C@@H]4CC[C@@]3(C)[C@@H]1[C@H]2C. The van der Waals surface area contributed by atoms with Gasteiger partial charge in [-0.15, -0.1) is 0 Å². The smallest absolute Gasteiger partial charge is 0.187 e. The van der Waals surface area contributed by atoms with Crippen LogP contribution in [-0.2, 0) is 37.9 Å². The molecule has 3 saturated carbocycles. The molecule has 1 spiro atoms. The Balaban J connectivity index is 0.917. The van der Waals surface area contributed by atoms with Crippen molar-refractivity contribution in [3.63, 3.8) is 0 Å². The molecule has 0 unspecified atom stereocenters. The molecule has 17 heteroatoms. The maximum Gasteiger partial charge on any atom is 0.187 e. The third-order valence-corrected chi connectivity index (χ3v) is 17.7. The minimum absolute atomic E-state index is 0.0356. The van der Waals surface area contributed by atoms with Gasteiger partial charge in [-0.05, 0) is 98.7 Å². The van der Waals surface area contributed by atoms with E-state index < -0.39 is 111 Å². The lowest BCUT2D eigenvalue weighted by Crippen LogP contribution is -2.67. The van der Waals surface area contributed by atoms with Gasteiger partial charge in [0.15, 0.2) is 24.7 Å². The van der Waals surface area contributed by atoms with Crippen molar-refractivity contribution in [1.82, 2.24) is 0 Å².